The van der Waals surface area contributed by atoms with Gasteiger partial charge in [0.2, 0.25) is 5.91 Å². The Balaban J connectivity index is 1.68. The fraction of sp³-hybridized carbons (Fsp3) is 0.571. The van der Waals surface area contributed by atoms with Crippen LogP contribution >= 0.6 is 0 Å². The molecule has 28 heavy (non-hydrogen) atoms. The average molecular weight is 386 g/mol. The van der Waals surface area contributed by atoms with E-state index in [9.17, 15) is 14.4 Å². The third-order valence-corrected chi connectivity index (χ3v) is 5.50. The first-order valence-corrected chi connectivity index (χ1v) is 10.2. The number of amides is 3. The quantitative estimate of drug-likeness (QED) is 0.741. The minimum absolute atomic E-state index is 0.0856. The molecule has 1 saturated heterocycles. The Labute approximate surface area is 166 Å². The van der Waals surface area contributed by atoms with Crippen molar-refractivity contribution >= 4 is 17.7 Å². The Morgan fingerprint density at radius 3 is 2.18 bits per heavy atom. The van der Waals surface area contributed by atoms with Crippen molar-refractivity contribution in [2.45, 2.75) is 38.8 Å². The molecule has 2 fully saturated rings. The largest absolute Gasteiger partial charge is 0.345 e. The van der Waals surface area contributed by atoms with Gasteiger partial charge in [0.1, 0.15) is 6.04 Å². The lowest BCUT2D eigenvalue weighted by molar-refractivity contribution is -0.148. The van der Waals surface area contributed by atoms with Crippen LogP contribution in [0.1, 0.15) is 38.3 Å². The topological polar surface area (TPSA) is 73.0 Å². The highest BCUT2D eigenvalue weighted by molar-refractivity contribution is 6.35. The number of hydrogen-bond donors (Lipinski definition) is 1. The first-order valence-electron chi connectivity index (χ1n) is 10.2. The van der Waals surface area contributed by atoms with Gasteiger partial charge in [0.25, 0.3) is 0 Å². The van der Waals surface area contributed by atoms with Gasteiger partial charge in [-0.2, -0.15) is 0 Å². The van der Waals surface area contributed by atoms with E-state index in [0.29, 0.717) is 39.3 Å². The summed E-state index contributed by atoms with van der Waals surface area (Å²) in [5.74, 6) is -0.880. The van der Waals surface area contributed by atoms with Crippen LogP contribution in [0.5, 0.6) is 0 Å². The van der Waals surface area contributed by atoms with Crippen molar-refractivity contribution in [2.75, 3.05) is 39.3 Å². The summed E-state index contributed by atoms with van der Waals surface area (Å²) in [5.41, 5.74) is 0.964. The minimum atomic E-state index is -0.505. The number of nitrogens with one attached hydrogen (secondary N) is 1. The van der Waals surface area contributed by atoms with Gasteiger partial charge in [-0.1, -0.05) is 30.3 Å². The molecule has 1 heterocycles. The molecule has 0 spiro atoms. The Kier molecular flexibility index (Phi) is 6.67. The number of likely N-dealkylation sites (N-methyl/N-ethyl adjacent to an activating group) is 1. The molecule has 3 rings (SSSR count). The highest BCUT2D eigenvalue weighted by Crippen LogP contribution is 2.25. The summed E-state index contributed by atoms with van der Waals surface area (Å²) in [6.07, 6.45) is 1.91. The van der Waals surface area contributed by atoms with Gasteiger partial charge in [-0.15, -0.1) is 0 Å². The summed E-state index contributed by atoms with van der Waals surface area (Å²) in [5, 5.41) is 2.75. The summed E-state index contributed by atoms with van der Waals surface area (Å²) in [6.45, 7) is 7.33. The van der Waals surface area contributed by atoms with Crippen molar-refractivity contribution in [3.05, 3.63) is 35.9 Å². The van der Waals surface area contributed by atoms with Crippen LogP contribution in [0, 0.1) is 0 Å². The predicted octanol–water partition coefficient (Wildman–Crippen LogP) is 1.02. The summed E-state index contributed by atoms with van der Waals surface area (Å²) in [7, 11) is 0. The number of nitrogens with zero attached hydrogens (tertiary/aromatic N) is 3. The van der Waals surface area contributed by atoms with E-state index in [2.05, 4.69) is 10.2 Å². The Hall–Kier alpha value is -2.41. The van der Waals surface area contributed by atoms with Crippen LogP contribution in [0.4, 0.5) is 0 Å². The molecular weight excluding hydrogens is 356 g/mol. The Morgan fingerprint density at radius 1 is 1.04 bits per heavy atom. The van der Waals surface area contributed by atoms with Crippen molar-refractivity contribution in [3.63, 3.8) is 0 Å². The van der Waals surface area contributed by atoms with Crippen LogP contribution in [-0.2, 0) is 14.4 Å². The second-order valence-electron chi connectivity index (χ2n) is 7.40. The molecule has 0 aromatic heterocycles. The fourth-order valence-corrected chi connectivity index (χ4v) is 3.65. The normalized spacial score (nSPS) is 18.4. The number of hydrogen-bond acceptors (Lipinski definition) is 4. The molecule has 1 aliphatic carbocycles. The molecule has 7 heteroatoms. The zero-order valence-corrected chi connectivity index (χ0v) is 16.8. The first-order chi connectivity index (χ1) is 13.5. The van der Waals surface area contributed by atoms with E-state index in [4.69, 9.17) is 0 Å². The smallest absolute Gasteiger partial charge is 0.311 e. The molecule has 1 atom stereocenters. The zero-order chi connectivity index (χ0) is 20.1. The van der Waals surface area contributed by atoms with Crippen molar-refractivity contribution in [1.29, 1.82) is 0 Å². The molecular formula is C21H30N4O3. The molecule has 1 N–H and O–H groups in total. The van der Waals surface area contributed by atoms with E-state index in [1.54, 1.807) is 4.90 Å². The van der Waals surface area contributed by atoms with Gasteiger partial charge in [0, 0.05) is 45.3 Å². The van der Waals surface area contributed by atoms with E-state index in [1.165, 1.54) is 0 Å². The number of piperazine rings is 1. The van der Waals surface area contributed by atoms with E-state index < -0.39 is 11.8 Å². The van der Waals surface area contributed by atoms with Crippen LogP contribution in [0.15, 0.2) is 30.3 Å². The van der Waals surface area contributed by atoms with Gasteiger partial charge in [0.05, 0.1) is 0 Å². The molecule has 3 amide bonds. The molecule has 0 radical (unpaired) electrons. The van der Waals surface area contributed by atoms with Crippen LogP contribution in [0.2, 0.25) is 0 Å². The minimum Gasteiger partial charge on any atom is -0.345 e. The number of carbonyl (C=O) groups is 3. The predicted molar refractivity (Wildman–Crippen MR) is 106 cm³/mol. The molecule has 1 aliphatic heterocycles. The first kappa shape index (κ1) is 20.3. The third kappa shape index (κ3) is 4.70. The summed E-state index contributed by atoms with van der Waals surface area (Å²) in [6, 6.07) is 9.60. The van der Waals surface area contributed by atoms with Crippen molar-refractivity contribution in [3.8, 4) is 0 Å². The molecule has 7 nitrogen and oxygen atoms in total. The molecule has 2 aliphatic rings. The molecule has 1 aromatic carbocycles. The van der Waals surface area contributed by atoms with Crippen molar-refractivity contribution in [2.24, 2.45) is 0 Å². The highest BCUT2D eigenvalue weighted by atomic mass is 16.2. The number of benzene rings is 1. The summed E-state index contributed by atoms with van der Waals surface area (Å²) < 4.78 is 0. The molecule has 0 unspecified atom stereocenters. The number of carbonyl (C=O) groups excluding carboxylic acids is 3. The van der Waals surface area contributed by atoms with E-state index in [-0.39, 0.29) is 18.0 Å². The summed E-state index contributed by atoms with van der Waals surface area (Å²) >= 11 is 0. The van der Waals surface area contributed by atoms with Gasteiger partial charge in [-0.05, 0) is 32.3 Å². The SMILES string of the molecule is CCN(CC)C(=O)[C@H](c1ccccc1)N1CCN(C(=O)C(=O)NC2CC2)CC1. The van der Waals surface area contributed by atoms with E-state index >= 15 is 0 Å². The van der Waals surface area contributed by atoms with Gasteiger partial charge in [-0.25, -0.2) is 0 Å². The van der Waals surface area contributed by atoms with E-state index in [0.717, 1.165) is 18.4 Å². The lowest BCUT2D eigenvalue weighted by atomic mass is 10.0. The standard InChI is InChI=1S/C21H30N4O3/c1-3-23(4-2)20(27)18(16-8-6-5-7-9-16)24-12-14-25(15-13-24)21(28)19(26)22-17-10-11-17/h5-9,17-18H,3-4,10-15H2,1-2H3,(H,22,26)/t18-/m0/s1. The second-order valence-corrected chi connectivity index (χ2v) is 7.40. The lowest BCUT2D eigenvalue weighted by Gasteiger charge is -2.40. The highest BCUT2D eigenvalue weighted by Gasteiger charge is 2.35. The van der Waals surface area contributed by atoms with Gasteiger partial charge in [0.15, 0.2) is 0 Å². The van der Waals surface area contributed by atoms with Crippen LogP contribution < -0.4 is 5.32 Å². The van der Waals surface area contributed by atoms with Gasteiger partial charge >= 0.3 is 11.8 Å². The van der Waals surface area contributed by atoms with Crippen LogP contribution in [0.3, 0.4) is 0 Å². The van der Waals surface area contributed by atoms with Gasteiger partial charge < -0.3 is 15.1 Å². The van der Waals surface area contributed by atoms with Crippen molar-refractivity contribution in [1.82, 2.24) is 20.0 Å². The van der Waals surface area contributed by atoms with Crippen LogP contribution in [-0.4, -0.2) is 77.7 Å². The Morgan fingerprint density at radius 2 is 1.64 bits per heavy atom. The summed E-state index contributed by atoms with van der Waals surface area (Å²) in [4.78, 5) is 43.2. The Bertz CT molecular complexity index is 693. The van der Waals surface area contributed by atoms with E-state index in [1.807, 2.05) is 49.1 Å². The maximum absolute atomic E-state index is 13.2. The fourth-order valence-electron chi connectivity index (χ4n) is 3.65. The monoisotopic (exact) mass is 386 g/mol. The van der Waals surface area contributed by atoms with Crippen molar-refractivity contribution < 1.29 is 14.4 Å². The average Bonchev–Trinajstić information content (AvgIpc) is 3.54. The molecule has 152 valence electrons. The molecule has 0 bridgehead atoms. The third-order valence-electron chi connectivity index (χ3n) is 5.50. The zero-order valence-electron chi connectivity index (χ0n) is 16.8. The maximum atomic E-state index is 13.2. The van der Waals surface area contributed by atoms with Crippen LogP contribution in [0.25, 0.3) is 0 Å². The lowest BCUT2D eigenvalue weighted by Crippen LogP contribution is -2.55. The maximum Gasteiger partial charge on any atom is 0.311 e. The molecule has 1 aromatic rings. The molecule has 1 saturated carbocycles. The second kappa shape index (κ2) is 9.19. The number of rotatable bonds is 6. The van der Waals surface area contributed by atoms with Gasteiger partial charge in [-0.3, -0.25) is 19.3 Å².